The lowest BCUT2D eigenvalue weighted by atomic mass is 9.97. The molecule has 0 saturated carbocycles. The lowest BCUT2D eigenvalue weighted by Gasteiger charge is -2.31. The first-order valence-corrected chi connectivity index (χ1v) is 10.6. The Balaban J connectivity index is 1.39. The molecule has 0 unspecified atom stereocenters. The summed E-state index contributed by atoms with van der Waals surface area (Å²) in [6.07, 6.45) is 4.72. The molecule has 30 heavy (non-hydrogen) atoms. The third kappa shape index (κ3) is 5.03. The number of benzene rings is 2. The number of hydrogen-bond donors (Lipinski definition) is 0. The zero-order chi connectivity index (χ0) is 20.9. The number of oxazole rings is 1. The van der Waals surface area contributed by atoms with E-state index >= 15 is 0 Å². The van der Waals surface area contributed by atoms with Crippen molar-refractivity contribution >= 4 is 17.5 Å². The number of rotatable bonds is 6. The zero-order valence-electron chi connectivity index (χ0n) is 17.0. The van der Waals surface area contributed by atoms with Crippen LogP contribution in [0.4, 0.5) is 0 Å². The van der Waals surface area contributed by atoms with Crippen LogP contribution in [0, 0.1) is 0 Å². The van der Waals surface area contributed by atoms with Gasteiger partial charge in [-0.3, -0.25) is 4.79 Å². The van der Waals surface area contributed by atoms with Gasteiger partial charge in [-0.2, -0.15) is 0 Å². The van der Waals surface area contributed by atoms with E-state index in [9.17, 15) is 4.79 Å². The fraction of sp³-hybridized carbons (Fsp3) is 0.333. The van der Waals surface area contributed by atoms with Gasteiger partial charge in [0.2, 0.25) is 5.91 Å². The quantitative estimate of drug-likeness (QED) is 0.566. The predicted octanol–water partition coefficient (Wildman–Crippen LogP) is 4.88. The van der Waals surface area contributed by atoms with E-state index in [0.29, 0.717) is 30.3 Å². The van der Waals surface area contributed by atoms with Crippen molar-refractivity contribution in [2.45, 2.75) is 31.6 Å². The van der Waals surface area contributed by atoms with Gasteiger partial charge in [0.15, 0.2) is 5.89 Å². The van der Waals surface area contributed by atoms with Crippen LogP contribution >= 0.6 is 11.6 Å². The molecule has 1 fully saturated rings. The van der Waals surface area contributed by atoms with Crippen molar-refractivity contribution in [1.82, 2.24) is 9.88 Å². The van der Waals surface area contributed by atoms with Gasteiger partial charge in [0.25, 0.3) is 0 Å². The minimum Gasteiger partial charge on any atom is -0.497 e. The Morgan fingerprint density at radius 3 is 2.90 bits per heavy atom. The maximum Gasteiger partial charge on any atom is 0.227 e. The van der Waals surface area contributed by atoms with Crippen LogP contribution in [0.25, 0.3) is 0 Å². The maximum absolute atomic E-state index is 12.8. The molecule has 6 heteroatoms. The molecular weight excluding hydrogens is 400 g/mol. The Morgan fingerprint density at radius 2 is 2.07 bits per heavy atom. The number of piperidine rings is 1. The molecule has 2 aromatic carbocycles. The molecule has 4 rings (SSSR count). The van der Waals surface area contributed by atoms with Gasteiger partial charge >= 0.3 is 0 Å². The topological polar surface area (TPSA) is 55.6 Å². The van der Waals surface area contributed by atoms with Crippen molar-refractivity contribution in [3.05, 3.63) is 82.5 Å². The summed E-state index contributed by atoms with van der Waals surface area (Å²) in [5.41, 5.74) is 2.05. The minimum absolute atomic E-state index is 0.124. The highest BCUT2D eigenvalue weighted by molar-refractivity contribution is 6.30. The lowest BCUT2D eigenvalue weighted by molar-refractivity contribution is -0.131. The number of likely N-dealkylation sites (tertiary alicyclic amines) is 1. The van der Waals surface area contributed by atoms with Crippen LogP contribution in [-0.2, 0) is 17.6 Å². The Labute approximate surface area is 181 Å². The van der Waals surface area contributed by atoms with Gasteiger partial charge in [0, 0.05) is 24.5 Å². The van der Waals surface area contributed by atoms with Gasteiger partial charge in [-0.25, -0.2) is 4.98 Å². The highest BCUT2D eigenvalue weighted by atomic mass is 35.5. The monoisotopic (exact) mass is 424 g/mol. The normalized spacial score (nSPS) is 16.5. The molecule has 1 amide bonds. The van der Waals surface area contributed by atoms with E-state index in [0.717, 1.165) is 42.0 Å². The van der Waals surface area contributed by atoms with Gasteiger partial charge in [-0.1, -0.05) is 35.9 Å². The van der Waals surface area contributed by atoms with E-state index < -0.39 is 0 Å². The summed E-state index contributed by atoms with van der Waals surface area (Å²) in [6.45, 7) is 1.41. The number of methoxy groups -OCH3 is 1. The summed E-state index contributed by atoms with van der Waals surface area (Å²) < 4.78 is 11.3. The molecule has 1 saturated heterocycles. The zero-order valence-corrected chi connectivity index (χ0v) is 17.8. The van der Waals surface area contributed by atoms with E-state index in [2.05, 4.69) is 4.98 Å². The Kier molecular flexibility index (Phi) is 6.38. The van der Waals surface area contributed by atoms with Crippen LogP contribution in [0.2, 0.25) is 5.02 Å². The number of hydrogen-bond acceptors (Lipinski definition) is 4. The predicted molar refractivity (Wildman–Crippen MR) is 116 cm³/mol. The van der Waals surface area contributed by atoms with Crippen LogP contribution in [-0.4, -0.2) is 36.0 Å². The van der Waals surface area contributed by atoms with E-state index in [4.69, 9.17) is 20.8 Å². The average molecular weight is 425 g/mol. The van der Waals surface area contributed by atoms with Gasteiger partial charge < -0.3 is 14.1 Å². The third-order valence-electron chi connectivity index (χ3n) is 5.45. The van der Waals surface area contributed by atoms with Crippen LogP contribution in [0.1, 0.15) is 41.5 Å². The Hall–Kier alpha value is -2.79. The van der Waals surface area contributed by atoms with Crippen molar-refractivity contribution in [2.24, 2.45) is 0 Å². The molecule has 0 spiro atoms. The molecule has 0 aliphatic carbocycles. The second kappa shape index (κ2) is 9.35. The van der Waals surface area contributed by atoms with Crippen molar-refractivity contribution < 1.29 is 13.9 Å². The molecule has 0 bridgehead atoms. The molecule has 1 aromatic heterocycles. The molecule has 0 N–H and O–H groups in total. The Bertz CT molecular complexity index is 1020. The summed E-state index contributed by atoms with van der Waals surface area (Å²) in [6, 6.07) is 15.4. The summed E-state index contributed by atoms with van der Waals surface area (Å²) in [7, 11) is 1.63. The van der Waals surface area contributed by atoms with Gasteiger partial charge in [-0.15, -0.1) is 0 Å². The van der Waals surface area contributed by atoms with E-state index in [1.165, 1.54) is 0 Å². The summed E-state index contributed by atoms with van der Waals surface area (Å²) >= 11 is 6.07. The van der Waals surface area contributed by atoms with Crippen LogP contribution < -0.4 is 4.74 Å². The highest BCUT2D eigenvalue weighted by Gasteiger charge is 2.28. The fourth-order valence-corrected chi connectivity index (χ4v) is 4.13. The standard InChI is InChI=1S/C24H25ClN2O3/c1-29-21-9-3-6-18(12-21)14-23(28)27-10-4-7-19(16-27)24-26-15-22(30-24)13-17-5-2-8-20(25)11-17/h2-3,5-6,8-9,11-12,15,19H,4,7,10,13-14,16H2,1H3/t19-/m1/s1. The third-order valence-corrected chi connectivity index (χ3v) is 5.69. The first-order chi connectivity index (χ1) is 14.6. The molecule has 1 aliphatic rings. The number of ether oxygens (including phenoxy) is 1. The SMILES string of the molecule is COc1cccc(CC(=O)N2CCC[C@@H](c3ncc(Cc4cccc(Cl)c4)o3)C2)c1. The molecule has 3 aromatic rings. The second-order valence-electron chi connectivity index (χ2n) is 7.68. The van der Waals surface area contributed by atoms with Gasteiger partial charge in [0.1, 0.15) is 11.5 Å². The molecule has 2 heterocycles. The molecule has 5 nitrogen and oxygen atoms in total. The van der Waals surface area contributed by atoms with Crippen molar-refractivity contribution in [3.63, 3.8) is 0 Å². The molecular formula is C24H25ClN2O3. The van der Waals surface area contributed by atoms with Crippen LogP contribution in [0.3, 0.4) is 0 Å². The van der Waals surface area contributed by atoms with Crippen LogP contribution in [0.5, 0.6) is 5.75 Å². The van der Waals surface area contributed by atoms with Crippen molar-refractivity contribution in [3.8, 4) is 5.75 Å². The molecule has 1 atom stereocenters. The summed E-state index contributed by atoms with van der Waals surface area (Å²) in [5.74, 6) is 2.54. The summed E-state index contributed by atoms with van der Waals surface area (Å²) in [5, 5.41) is 0.713. The van der Waals surface area contributed by atoms with Gasteiger partial charge in [-0.05, 0) is 48.2 Å². The Morgan fingerprint density at radius 1 is 1.23 bits per heavy atom. The number of nitrogens with zero attached hydrogens (tertiary/aromatic N) is 2. The molecule has 0 radical (unpaired) electrons. The number of carbonyl (C=O) groups excluding carboxylic acids is 1. The van der Waals surface area contributed by atoms with E-state index in [1.807, 2.05) is 53.4 Å². The first-order valence-electron chi connectivity index (χ1n) is 10.2. The highest BCUT2D eigenvalue weighted by Crippen LogP contribution is 2.28. The largest absolute Gasteiger partial charge is 0.497 e. The number of aromatic nitrogens is 1. The van der Waals surface area contributed by atoms with Crippen molar-refractivity contribution in [2.75, 3.05) is 20.2 Å². The molecule has 1 aliphatic heterocycles. The number of carbonyl (C=O) groups is 1. The number of amides is 1. The van der Waals surface area contributed by atoms with E-state index in [1.54, 1.807) is 13.3 Å². The van der Waals surface area contributed by atoms with Crippen LogP contribution in [0.15, 0.2) is 59.1 Å². The van der Waals surface area contributed by atoms with Crippen molar-refractivity contribution in [1.29, 1.82) is 0 Å². The average Bonchev–Trinajstić information content (AvgIpc) is 3.22. The maximum atomic E-state index is 12.8. The minimum atomic E-state index is 0.124. The van der Waals surface area contributed by atoms with Gasteiger partial charge in [0.05, 0.1) is 25.6 Å². The second-order valence-corrected chi connectivity index (χ2v) is 8.12. The van der Waals surface area contributed by atoms with E-state index in [-0.39, 0.29) is 11.8 Å². The molecule has 156 valence electrons. The number of halogens is 1. The summed E-state index contributed by atoms with van der Waals surface area (Å²) in [4.78, 5) is 19.3. The lowest BCUT2D eigenvalue weighted by Crippen LogP contribution is -2.40. The fourth-order valence-electron chi connectivity index (χ4n) is 3.92. The first kappa shape index (κ1) is 20.5. The smallest absolute Gasteiger partial charge is 0.227 e.